The van der Waals surface area contributed by atoms with Crippen molar-refractivity contribution in [2.45, 2.75) is 0 Å². The first kappa shape index (κ1) is 17.2. The summed E-state index contributed by atoms with van der Waals surface area (Å²) in [5.74, 6) is 0.125. The van der Waals surface area contributed by atoms with Crippen LogP contribution in [0.5, 0.6) is 0 Å². The van der Waals surface area contributed by atoms with Crippen LogP contribution in [0.15, 0.2) is 0 Å². The first-order valence-corrected chi connectivity index (χ1v) is 5.49. The molecule has 0 aliphatic rings. The van der Waals surface area contributed by atoms with E-state index in [1.807, 2.05) is 0 Å². The van der Waals surface area contributed by atoms with Crippen molar-refractivity contribution in [1.82, 2.24) is 15.0 Å². The first-order valence-electron chi connectivity index (χ1n) is 5.49. The summed E-state index contributed by atoms with van der Waals surface area (Å²) >= 11 is 0. The van der Waals surface area contributed by atoms with Gasteiger partial charge in [0.2, 0.25) is 17.8 Å². The number of nitrogen functional groups attached to an aromatic ring is 3. The molecule has 8 N–H and O–H groups in total. The summed E-state index contributed by atoms with van der Waals surface area (Å²) in [5.41, 5.74) is 15.4. The fourth-order valence-corrected chi connectivity index (χ4v) is 0.878. The molecular weight excluding hydrogens is 256 g/mol. The van der Waals surface area contributed by atoms with Gasteiger partial charge in [-0.3, -0.25) is 0 Å². The molecule has 10 nitrogen and oxygen atoms in total. The average Bonchev–Trinajstić information content (AvgIpc) is 2.33. The number of nitrogens with two attached hydrogens (primary N) is 3. The molecule has 1 aromatic rings. The molecule has 0 aromatic carbocycles. The molecule has 1 heterocycles. The number of aliphatic hydroxyl groups excluding tert-OH is 2. The van der Waals surface area contributed by atoms with Crippen LogP contribution in [-0.4, -0.2) is 64.8 Å². The number of hydrogen-bond donors (Lipinski definition) is 5. The fraction of sp³-hybridized carbons (Fsp3) is 0.667. The van der Waals surface area contributed by atoms with Gasteiger partial charge in [0, 0.05) is 0 Å². The molecule has 0 unspecified atom stereocenters. The average molecular weight is 276 g/mol. The van der Waals surface area contributed by atoms with Gasteiger partial charge >= 0.3 is 0 Å². The number of aromatic nitrogens is 3. The normalized spacial score (nSPS) is 9.79. The Morgan fingerprint density at radius 3 is 1.26 bits per heavy atom. The Labute approximate surface area is 110 Å². The van der Waals surface area contributed by atoms with Crippen LogP contribution < -0.4 is 17.2 Å². The van der Waals surface area contributed by atoms with E-state index < -0.39 is 0 Å². The largest absolute Gasteiger partial charge is 0.394 e. The minimum atomic E-state index is 0.0417. The van der Waals surface area contributed by atoms with Gasteiger partial charge in [-0.2, -0.15) is 15.0 Å². The topological polar surface area (TPSA) is 176 Å². The van der Waals surface area contributed by atoms with Crippen LogP contribution in [0.1, 0.15) is 0 Å². The predicted molar refractivity (Wildman–Crippen MR) is 68.9 cm³/mol. The quantitative estimate of drug-likeness (QED) is 0.338. The number of anilines is 3. The molecule has 0 amide bonds. The second-order valence-corrected chi connectivity index (χ2v) is 3.08. The SMILES string of the molecule is Nc1nc(N)nc(N)n1.OCCOCCOCCO. The number of nitrogens with zero attached hydrogens (tertiary/aromatic N) is 3. The lowest BCUT2D eigenvalue weighted by atomic mass is 10.7. The maximum absolute atomic E-state index is 8.26. The van der Waals surface area contributed by atoms with Gasteiger partial charge in [-0.1, -0.05) is 0 Å². The summed E-state index contributed by atoms with van der Waals surface area (Å²) in [6.07, 6.45) is 0. The third-order valence-corrected chi connectivity index (χ3v) is 1.53. The molecule has 1 aromatic heterocycles. The van der Waals surface area contributed by atoms with E-state index in [0.717, 1.165) is 0 Å². The van der Waals surface area contributed by atoms with Crippen LogP contribution in [0.2, 0.25) is 0 Å². The molecule has 0 radical (unpaired) electrons. The zero-order valence-electron chi connectivity index (χ0n) is 10.5. The van der Waals surface area contributed by atoms with Gasteiger partial charge in [-0.05, 0) is 0 Å². The molecule has 0 atom stereocenters. The Bertz CT molecular complexity index is 282. The minimum absolute atomic E-state index is 0.0417. The van der Waals surface area contributed by atoms with Crippen LogP contribution in [0.25, 0.3) is 0 Å². The molecule has 110 valence electrons. The van der Waals surface area contributed by atoms with Gasteiger partial charge in [0.25, 0.3) is 0 Å². The summed E-state index contributed by atoms with van der Waals surface area (Å²) < 4.78 is 9.75. The van der Waals surface area contributed by atoms with Crippen LogP contribution in [0.3, 0.4) is 0 Å². The molecule has 19 heavy (non-hydrogen) atoms. The number of ether oxygens (including phenoxy) is 2. The summed E-state index contributed by atoms with van der Waals surface area (Å²) in [4.78, 5) is 10.5. The molecule has 0 fully saturated rings. The standard InChI is InChI=1S/C6H14O4.C3H6N6/c7-1-3-9-5-6-10-4-2-8;4-1-7-2(5)9-3(6)8-1/h7-8H,1-6H2;(H6,4,5,6,7,8,9). The molecule has 0 aliphatic heterocycles. The lowest BCUT2D eigenvalue weighted by molar-refractivity contribution is 0.0222. The van der Waals surface area contributed by atoms with Crippen molar-refractivity contribution in [3.05, 3.63) is 0 Å². The van der Waals surface area contributed by atoms with Gasteiger partial charge < -0.3 is 36.9 Å². The lowest BCUT2D eigenvalue weighted by Gasteiger charge is -2.01. The van der Waals surface area contributed by atoms with Gasteiger partial charge in [0.05, 0.1) is 39.6 Å². The fourth-order valence-electron chi connectivity index (χ4n) is 0.878. The Kier molecular flexibility index (Phi) is 10.3. The Balaban J connectivity index is 0.000000342. The molecule has 0 saturated heterocycles. The van der Waals surface area contributed by atoms with E-state index >= 15 is 0 Å². The van der Waals surface area contributed by atoms with E-state index in [9.17, 15) is 0 Å². The van der Waals surface area contributed by atoms with E-state index in [4.69, 9.17) is 36.9 Å². The van der Waals surface area contributed by atoms with Crippen LogP contribution >= 0.6 is 0 Å². The monoisotopic (exact) mass is 276 g/mol. The van der Waals surface area contributed by atoms with Crippen molar-refractivity contribution in [3.63, 3.8) is 0 Å². The highest BCUT2D eigenvalue weighted by atomic mass is 16.5. The maximum atomic E-state index is 8.26. The Morgan fingerprint density at radius 2 is 1.00 bits per heavy atom. The van der Waals surface area contributed by atoms with E-state index in [-0.39, 0.29) is 31.1 Å². The van der Waals surface area contributed by atoms with Crippen molar-refractivity contribution < 1.29 is 19.7 Å². The smallest absolute Gasteiger partial charge is 0.226 e. The molecule has 0 spiro atoms. The molecule has 0 aliphatic carbocycles. The molecule has 1 rings (SSSR count). The van der Waals surface area contributed by atoms with Gasteiger partial charge in [-0.25, -0.2) is 0 Å². The summed E-state index contributed by atoms with van der Waals surface area (Å²) in [7, 11) is 0. The zero-order valence-corrected chi connectivity index (χ0v) is 10.5. The zero-order chi connectivity index (χ0) is 14.5. The molecule has 0 saturated carbocycles. The third-order valence-electron chi connectivity index (χ3n) is 1.53. The van der Waals surface area contributed by atoms with Gasteiger partial charge in [-0.15, -0.1) is 0 Å². The molecule has 0 bridgehead atoms. The molecule has 10 heteroatoms. The van der Waals surface area contributed by atoms with E-state index in [1.165, 1.54) is 0 Å². The van der Waals surface area contributed by atoms with E-state index in [0.29, 0.717) is 26.4 Å². The minimum Gasteiger partial charge on any atom is -0.394 e. The lowest BCUT2D eigenvalue weighted by Crippen LogP contribution is -2.09. The van der Waals surface area contributed by atoms with Crippen molar-refractivity contribution >= 4 is 17.8 Å². The maximum Gasteiger partial charge on any atom is 0.226 e. The van der Waals surface area contributed by atoms with Gasteiger partial charge in [0.1, 0.15) is 0 Å². The Morgan fingerprint density at radius 1 is 0.684 bits per heavy atom. The van der Waals surface area contributed by atoms with Crippen molar-refractivity contribution in [2.75, 3.05) is 56.8 Å². The number of aliphatic hydroxyl groups is 2. The van der Waals surface area contributed by atoms with Crippen LogP contribution in [-0.2, 0) is 9.47 Å². The summed E-state index contributed by atoms with van der Waals surface area (Å²) in [6.45, 7) is 1.73. The second-order valence-electron chi connectivity index (χ2n) is 3.08. The van der Waals surface area contributed by atoms with Crippen LogP contribution in [0, 0.1) is 0 Å². The van der Waals surface area contributed by atoms with Crippen molar-refractivity contribution in [3.8, 4) is 0 Å². The van der Waals surface area contributed by atoms with Gasteiger partial charge in [0.15, 0.2) is 0 Å². The molecular formula is C9H20N6O4. The van der Waals surface area contributed by atoms with Crippen molar-refractivity contribution in [2.24, 2.45) is 0 Å². The second kappa shape index (κ2) is 11.3. The number of hydrogen-bond acceptors (Lipinski definition) is 10. The first-order chi connectivity index (χ1) is 9.10. The highest BCUT2D eigenvalue weighted by molar-refractivity contribution is 5.33. The van der Waals surface area contributed by atoms with Crippen LogP contribution in [0.4, 0.5) is 17.8 Å². The third kappa shape index (κ3) is 11.1. The highest BCUT2D eigenvalue weighted by Gasteiger charge is 1.93. The Hall–Kier alpha value is -1.75. The number of rotatable bonds is 7. The highest BCUT2D eigenvalue weighted by Crippen LogP contribution is 1.97. The predicted octanol–water partition coefficient (Wildman–Crippen LogP) is -2.38. The summed E-state index contributed by atoms with van der Waals surface area (Å²) in [5, 5.41) is 16.5. The van der Waals surface area contributed by atoms with E-state index in [2.05, 4.69) is 15.0 Å². The van der Waals surface area contributed by atoms with Crippen molar-refractivity contribution in [1.29, 1.82) is 0 Å². The summed E-state index contributed by atoms with van der Waals surface area (Å²) in [6, 6.07) is 0. The van der Waals surface area contributed by atoms with E-state index in [1.54, 1.807) is 0 Å².